The Morgan fingerprint density at radius 2 is 1.91 bits per heavy atom. The summed E-state index contributed by atoms with van der Waals surface area (Å²) < 4.78 is 11.6. The number of hydrogen-bond donors (Lipinski definition) is 1. The van der Waals surface area contributed by atoms with Crippen molar-refractivity contribution < 1.29 is 14.6 Å². The predicted molar refractivity (Wildman–Crippen MR) is 91.5 cm³/mol. The molecule has 3 heteroatoms. The van der Waals surface area contributed by atoms with Gasteiger partial charge in [-0.15, -0.1) is 0 Å². The molecule has 3 nitrogen and oxygen atoms in total. The van der Waals surface area contributed by atoms with E-state index in [-0.39, 0.29) is 12.9 Å². The summed E-state index contributed by atoms with van der Waals surface area (Å²) in [6, 6.07) is 12.2. The van der Waals surface area contributed by atoms with Gasteiger partial charge in [0.25, 0.3) is 0 Å². The summed E-state index contributed by atoms with van der Waals surface area (Å²) in [5, 5.41) is 9.34. The zero-order chi connectivity index (χ0) is 16.2. The highest BCUT2D eigenvalue weighted by atomic mass is 16.7. The maximum atomic E-state index is 9.34. The Morgan fingerprint density at radius 3 is 2.57 bits per heavy atom. The maximum Gasteiger partial charge on any atom is 0.199 e. The first kappa shape index (κ1) is 16.0. The van der Waals surface area contributed by atoms with Crippen molar-refractivity contribution in [1.82, 2.24) is 0 Å². The normalized spacial score (nSPS) is 18.0. The molecule has 1 unspecified atom stereocenters. The monoisotopic (exact) mass is 312 g/mol. The van der Waals surface area contributed by atoms with Crippen LogP contribution in [0.3, 0.4) is 0 Å². The lowest BCUT2D eigenvalue weighted by atomic mass is 9.94. The van der Waals surface area contributed by atoms with Crippen LogP contribution in [0.4, 0.5) is 0 Å². The van der Waals surface area contributed by atoms with Crippen LogP contribution in [0, 0.1) is 13.8 Å². The van der Waals surface area contributed by atoms with Crippen LogP contribution in [0.15, 0.2) is 36.4 Å². The Kier molecular flexibility index (Phi) is 4.99. The second-order valence-corrected chi connectivity index (χ2v) is 6.20. The van der Waals surface area contributed by atoms with Crippen LogP contribution in [0.25, 0.3) is 11.1 Å². The lowest BCUT2D eigenvalue weighted by Gasteiger charge is -2.24. The van der Waals surface area contributed by atoms with E-state index in [1.807, 2.05) is 18.2 Å². The summed E-state index contributed by atoms with van der Waals surface area (Å²) >= 11 is 0. The van der Waals surface area contributed by atoms with Crippen LogP contribution >= 0.6 is 0 Å². The van der Waals surface area contributed by atoms with Crippen LogP contribution < -0.4 is 4.74 Å². The van der Waals surface area contributed by atoms with Gasteiger partial charge in [0.05, 0.1) is 13.2 Å². The van der Waals surface area contributed by atoms with E-state index in [1.165, 1.54) is 16.7 Å². The number of aliphatic hydroxyl groups is 1. The standard InChI is InChI=1S/C20H24O3/c1-14-10-18(23-19-8-3-4-9-22-19)11-15(2)20(14)17-7-5-6-16(12-17)13-21/h5-7,10-12,19,21H,3-4,8-9,13H2,1-2H3. The van der Waals surface area contributed by atoms with E-state index in [9.17, 15) is 5.11 Å². The molecule has 0 aliphatic carbocycles. The average Bonchev–Trinajstić information content (AvgIpc) is 2.55. The molecule has 23 heavy (non-hydrogen) atoms. The summed E-state index contributed by atoms with van der Waals surface area (Å²) in [6.07, 6.45) is 3.12. The van der Waals surface area contributed by atoms with E-state index in [4.69, 9.17) is 9.47 Å². The zero-order valence-corrected chi connectivity index (χ0v) is 13.8. The SMILES string of the molecule is Cc1cc(OC2CCCCO2)cc(C)c1-c1cccc(CO)c1. The molecule has 3 rings (SSSR count). The first-order valence-corrected chi connectivity index (χ1v) is 8.27. The molecule has 122 valence electrons. The molecule has 1 fully saturated rings. The Morgan fingerprint density at radius 1 is 1.13 bits per heavy atom. The van der Waals surface area contributed by atoms with Gasteiger partial charge in [-0.1, -0.05) is 18.2 Å². The van der Waals surface area contributed by atoms with Crippen molar-refractivity contribution in [3.8, 4) is 16.9 Å². The highest BCUT2D eigenvalue weighted by molar-refractivity contribution is 5.72. The van der Waals surface area contributed by atoms with E-state index >= 15 is 0 Å². The molecule has 1 aliphatic heterocycles. The maximum absolute atomic E-state index is 9.34. The summed E-state index contributed by atoms with van der Waals surface area (Å²) in [4.78, 5) is 0. The van der Waals surface area contributed by atoms with Crippen LogP contribution in [0.2, 0.25) is 0 Å². The Hall–Kier alpha value is -1.84. The molecule has 0 saturated carbocycles. The molecule has 1 atom stereocenters. The number of hydrogen-bond acceptors (Lipinski definition) is 3. The van der Waals surface area contributed by atoms with E-state index in [0.29, 0.717) is 0 Å². The van der Waals surface area contributed by atoms with Crippen molar-refractivity contribution in [3.05, 3.63) is 53.1 Å². The summed E-state index contributed by atoms with van der Waals surface area (Å²) in [5.41, 5.74) is 5.61. The third-order valence-corrected chi connectivity index (χ3v) is 4.31. The number of benzene rings is 2. The molecule has 1 heterocycles. The Labute approximate surface area is 137 Å². The molecule has 0 radical (unpaired) electrons. The predicted octanol–water partition coefficient (Wildman–Crippen LogP) is 4.37. The fraction of sp³-hybridized carbons (Fsp3) is 0.400. The fourth-order valence-electron chi connectivity index (χ4n) is 3.23. The third kappa shape index (κ3) is 3.74. The van der Waals surface area contributed by atoms with Gasteiger partial charge in [0, 0.05) is 6.42 Å². The van der Waals surface area contributed by atoms with Gasteiger partial charge >= 0.3 is 0 Å². The van der Waals surface area contributed by atoms with Gasteiger partial charge in [0.2, 0.25) is 0 Å². The number of aryl methyl sites for hydroxylation is 2. The van der Waals surface area contributed by atoms with Gasteiger partial charge < -0.3 is 14.6 Å². The second kappa shape index (κ2) is 7.16. The number of rotatable bonds is 4. The van der Waals surface area contributed by atoms with Crippen molar-refractivity contribution in [1.29, 1.82) is 0 Å². The van der Waals surface area contributed by atoms with Gasteiger partial charge in [-0.05, 0) is 72.7 Å². The Bertz CT molecular complexity index is 649. The molecular weight excluding hydrogens is 288 g/mol. The number of aliphatic hydroxyl groups excluding tert-OH is 1. The second-order valence-electron chi connectivity index (χ2n) is 6.20. The topological polar surface area (TPSA) is 38.7 Å². The molecule has 0 spiro atoms. The third-order valence-electron chi connectivity index (χ3n) is 4.31. The molecule has 0 aromatic heterocycles. The van der Waals surface area contributed by atoms with E-state index in [1.54, 1.807) is 0 Å². The van der Waals surface area contributed by atoms with Gasteiger partial charge in [-0.2, -0.15) is 0 Å². The molecule has 0 bridgehead atoms. The van der Waals surface area contributed by atoms with E-state index in [0.717, 1.165) is 42.7 Å². The van der Waals surface area contributed by atoms with E-state index in [2.05, 4.69) is 32.0 Å². The lowest BCUT2D eigenvalue weighted by molar-refractivity contribution is -0.105. The summed E-state index contributed by atoms with van der Waals surface area (Å²) in [7, 11) is 0. The van der Waals surface area contributed by atoms with Crippen molar-refractivity contribution in [3.63, 3.8) is 0 Å². The molecule has 1 N–H and O–H groups in total. The minimum atomic E-state index is -0.119. The first-order valence-electron chi connectivity index (χ1n) is 8.27. The van der Waals surface area contributed by atoms with Gasteiger partial charge in [0.1, 0.15) is 5.75 Å². The largest absolute Gasteiger partial charge is 0.465 e. The van der Waals surface area contributed by atoms with Crippen molar-refractivity contribution in [2.75, 3.05) is 6.61 Å². The Balaban J connectivity index is 1.87. The molecule has 2 aromatic rings. The molecule has 1 aliphatic rings. The molecule has 2 aromatic carbocycles. The van der Waals surface area contributed by atoms with Crippen LogP contribution in [0.5, 0.6) is 5.75 Å². The van der Waals surface area contributed by atoms with Crippen molar-refractivity contribution >= 4 is 0 Å². The summed E-state index contributed by atoms with van der Waals surface area (Å²) in [6.45, 7) is 5.05. The minimum Gasteiger partial charge on any atom is -0.465 e. The van der Waals surface area contributed by atoms with Gasteiger partial charge in [-0.3, -0.25) is 0 Å². The van der Waals surface area contributed by atoms with Crippen LogP contribution in [-0.2, 0) is 11.3 Å². The molecule has 0 amide bonds. The highest BCUT2D eigenvalue weighted by Crippen LogP contribution is 2.32. The van der Waals surface area contributed by atoms with Crippen LogP contribution in [-0.4, -0.2) is 18.0 Å². The minimum absolute atomic E-state index is 0.0617. The lowest BCUT2D eigenvalue weighted by Crippen LogP contribution is -2.25. The van der Waals surface area contributed by atoms with Gasteiger partial charge in [-0.25, -0.2) is 0 Å². The average molecular weight is 312 g/mol. The first-order chi connectivity index (χ1) is 11.2. The smallest absolute Gasteiger partial charge is 0.199 e. The fourth-order valence-corrected chi connectivity index (χ4v) is 3.23. The van der Waals surface area contributed by atoms with Gasteiger partial charge in [0.15, 0.2) is 6.29 Å². The molecule has 1 saturated heterocycles. The molecular formula is C20H24O3. The zero-order valence-electron chi connectivity index (χ0n) is 13.8. The summed E-state index contributed by atoms with van der Waals surface area (Å²) in [5.74, 6) is 0.869. The van der Waals surface area contributed by atoms with Crippen LogP contribution in [0.1, 0.15) is 36.0 Å². The number of ether oxygens (including phenoxy) is 2. The van der Waals surface area contributed by atoms with Crippen molar-refractivity contribution in [2.24, 2.45) is 0 Å². The van der Waals surface area contributed by atoms with Crippen molar-refractivity contribution in [2.45, 2.75) is 46.0 Å². The quantitative estimate of drug-likeness (QED) is 0.911. The highest BCUT2D eigenvalue weighted by Gasteiger charge is 2.16. The van der Waals surface area contributed by atoms with E-state index < -0.39 is 0 Å².